The fourth-order valence-electron chi connectivity index (χ4n) is 3.64. The van der Waals surface area contributed by atoms with Gasteiger partial charge in [-0.1, -0.05) is 0 Å². The number of benzene rings is 1. The molecule has 0 spiro atoms. The first-order valence-corrected chi connectivity index (χ1v) is 8.86. The van der Waals surface area contributed by atoms with E-state index in [4.69, 9.17) is 0 Å². The first kappa shape index (κ1) is 17.6. The van der Waals surface area contributed by atoms with Crippen molar-refractivity contribution in [1.82, 2.24) is 14.9 Å². The summed E-state index contributed by atoms with van der Waals surface area (Å²) in [6.45, 7) is 1.07. The second-order valence-corrected chi connectivity index (χ2v) is 7.11. The summed E-state index contributed by atoms with van der Waals surface area (Å²) in [5.41, 5.74) is 1.12. The number of rotatable bonds is 4. The van der Waals surface area contributed by atoms with Gasteiger partial charge in [-0.2, -0.15) is 0 Å². The highest BCUT2D eigenvalue weighted by Gasteiger charge is 2.54. The topological polar surface area (TPSA) is 92.1 Å². The van der Waals surface area contributed by atoms with Crippen LogP contribution in [-0.4, -0.2) is 44.8 Å². The summed E-state index contributed by atoms with van der Waals surface area (Å²) >= 11 is 0. The number of nitrogens with zero attached hydrogens (tertiary/aromatic N) is 3. The summed E-state index contributed by atoms with van der Waals surface area (Å²) in [5.74, 6) is -1.54. The van der Waals surface area contributed by atoms with Crippen LogP contribution < -0.4 is 0 Å². The van der Waals surface area contributed by atoms with Crippen molar-refractivity contribution in [2.45, 2.75) is 31.2 Å². The van der Waals surface area contributed by atoms with Crippen LogP contribution in [0.3, 0.4) is 0 Å². The standard InChI is InChI=1S/C18H18F2N4O3/c19-13-2-1-11(7-14(13)20)15-9-21-17(22-15)10-3-5-23(6-4-10)18(25)12-8-16(12)24(26)27/h1-2,7,9-10,12,16H,3-6,8H2,(H,21,22)/t12-,16-/m0/s1. The van der Waals surface area contributed by atoms with Gasteiger partial charge in [0.05, 0.1) is 11.9 Å². The summed E-state index contributed by atoms with van der Waals surface area (Å²) in [5, 5.41) is 10.7. The summed E-state index contributed by atoms with van der Waals surface area (Å²) in [4.78, 5) is 31.9. The van der Waals surface area contributed by atoms with Gasteiger partial charge in [0.1, 0.15) is 11.7 Å². The Morgan fingerprint density at radius 2 is 2.00 bits per heavy atom. The van der Waals surface area contributed by atoms with Crippen LogP contribution in [0.15, 0.2) is 24.4 Å². The second kappa shape index (κ2) is 6.71. The zero-order valence-corrected chi connectivity index (χ0v) is 14.4. The zero-order chi connectivity index (χ0) is 19.1. The summed E-state index contributed by atoms with van der Waals surface area (Å²) in [6.07, 6.45) is 3.32. The molecule has 1 aromatic heterocycles. The molecule has 7 nitrogen and oxygen atoms in total. The number of carbonyl (C=O) groups excluding carboxylic acids is 1. The van der Waals surface area contributed by atoms with Crippen LogP contribution in [0.5, 0.6) is 0 Å². The molecule has 0 bridgehead atoms. The molecular weight excluding hydrogens is 358 g/mol. The van der Waals surface area contributed by atoms with Crippen molar-refractivity contribution in [1.29, 1.82) is 0 Å². The van der Waals surface area contributed by atoms with Gasteiger partial charge in [0.25, 0.3) is 0 Å². The van der Waals surface area contributed by atoms with Crippen molar-refractivity contribution in [3.05, 3.63) is 52.0 Å². The van der Waals surface area contributed by atoms with Crippen molar-refractivity contribution in [3.63, 3.8) is 0 Å². The van der Waals surface area contributed by atoms with Crippen molar-refractivity contribution >= 4 is 5.91 Å². The van der Waals surface area contributed by atoms with E-state index in [1.165, 1.54) is 6.07 Å². The number of H-pyrrole nitrogens is 1. The molecule has 1 saturated carbocycles. The van der Waals surface area contributed by atoms with Gasteiger partial charge in [0.2, 0.25) is 11.9 Å². The number of amides is 1. The Morgan fingerprint density at radius 3 is 2.63 bits per heavy atom. The zero-order valence-electron chi connectivity index (χ0n) is 14.4. The molecule has 1 aromatic carbocycles. The molecule has 0 unspecified atom stereocenters. The lowest BCUT2D eigenvalue weighted by Crippen LogP contribution is -2.39. The first-order chi connectivity index (χ1) is 12.9. The van der Waals surface area contributed by atoms with Crippen LogP contribution in [0.2, 0.25) is 0 Å². The maximum absolute atomic E-state index is 13.4. The van der Waals surface area contributed by atoms with E-state index in [2.05, 4.69) is 9.97 Å². The van der Waals surface area contributed by atoms with Crippen molar-refractivity contribution in [3.8, 4) is 11.3 Å². The Balaban J connectivity index is 1.38. The highest BCUT2D eigenvalue weighted by Crippen LogP contribution is 2.36. The van der Waals surface area contributed by atoms with E-state index in [1.807, 2.05) is 0 Å². The molecule has 1 saturated heterocycles. The highest BCUT2D eigenvalue weighted by atomic mass is 19.2. The lowest BCUT2D eigenvalue weighted by molar-refractivity contribution is -0.497. The molecule has 2 aliphatic rings. The monoisotopic (exact) mass is 376 g/mol. The molecule has 2 aromatic rings. The third-order valence-electron chi connectivity index (χ3n) is 5.36. The molecule has 2 fully saturated rings. The minimum Gasteiger partial charge on any atom is -0.342 e. The molecule has 4 rings (SSSR count). The normalized spacial score (nSPS) is 22.7. The number of hydrogen-bond donors (Lipinski definition) is 1. The van der Waals surface area contributed by atoms with E-state index in [0.29, 0.717) is 43.6 Å². The smallest absolute Gasteiger partial charge is 0.232 e. The minimum atomic E-state index is -0.913. The molecule has 0 radical (unpaired) electrons. The largest absolute Gasteiger partial charge is 0.342 e. The van der Waals surface area contributed by atoms with E-state index in [9.17, 15) is 23.7 Å². The van der Waals surface area contributed by atoms with Crippen molar-refractivity contribution in [2.75, 3.05) is 13.1 Å². The molecule has 1 aliphatic carbocycles. The molecule has 2 heterocycles. The van der Waals surface area contributed by atoms with Crippen LogP contribution in [0.4, 0.5) is 8.78 Å². The minimum absolute atomic E-state index is 0.124. The number of halogens is 2. The van der Waals surface area contributed by atoms with Crippen LogP contribution in [0, 0.1) is 27.7 Å². The molecule has 142 valence electrons. The highest BCUT2D eigenvalue weighted by molar-refractivity contribution is 5.82. The number of aromatic amines is 1. The third-order valence-corrected chi connectivity index (χ3v) is 5.36. The van der Waals surface area contributed by atoms with Gasteiger partial charge in [-0.05, 0) is 31.0 Å². The molecule has 27 heavy (non-hydrogen) atoms. The Bertz CT molecular complexity index is 892. The number of likely N-dealkylation sites (tertiary alicyclic amines) is 1. The van der Waals surface area contributed by atoms with Crippen LogP contribution in [0.1, 0.15) is 31.0 Å². The van der Waals surface area contributed by atoms with Gasteiger partial charge in [0.15, 0.2) is 11.6 Å². The molecule has 2 atom stereocenters. The van der Waals surface area contributed by atoms with E-state index >= 15 is 0 Å². The van der Waals surface area contributed by atoms with Gasteiger partial charge in [0, 0.05) is 35.9 Å². The molecule has 1 N–H and O–H groups in total. The molecule has 9 heteroatoms. The summed E-state index contributed by atoms with van der Waals surface area (Å²) in [7, 11) is 0. The average Bonchev–Trinajstić information content (AvgIpc) is 3.33. The molecule has 1 amide bonds. The fraction of sp³-hybridized carbons (Fsp3) is 0.444. The number of imidazole rings is 1. The van der Waals surface area contributed by atoms with Gasteiger partial charge in [-0.15, -0.1) is 0 Å². The molecular formula is C18H18F2N4O3. The van der Waals surface area contributed by atoms with Gasteiger partial charge >= 0.3 is 0 Å². The number of piperidine rings is 1. The van der Waals surface area contributed by atoms with Crippen molar-refractivity contribution in [2.24, 2.45) is 5.92 Å². The number of hydrogen-bond acceptors (Lipinski definition) is 4. The summed E-state index contributed by atoms with van der Waals surface area (Å²) < 4.78 is 26.5. The average molecular weight is 376 g/mol. The predicted octanol–water partition coefficient (Wildman–Crippen LogP) is 2.73. The molecule has 1 aliphatic heterocycles. The quantitative estimate of drug-likeness (QED) is 0.656. The fourth-order valence-corrected chi connectivity index (χ4v) is 3.64. The Kier molecular flexibility index (Phi) is 4.37. The maximum atomic E-state index is 13.4. The number of carbonyl (C=O) groups is 1. The lowest BCUT2D eigenvalue weighted by atomic mass is 9.96. The van der Waals surface area contributed by atoms with E-state index in [1.54, 1.807) is 11.1 Å². The van der Waals surface area contributed by atoms with Gasteiger partial charge < -0.3 is 9.88 Å². The summed E-state index contributed by atoms with van der Waals surface area (Å²) in [6, 6.07) is 2.96. The third kappa shape index (κ3) is 3.41. The van der Waals surface area contributed by atoms with Crippen molar-refractivity contribution < 1.29 is 18.5 Å². The maximum Gasteiger partial charge on any atom is 0.232 e. The van der Waals surface area contributed by atoms with E-state index in [0.717, 1.165) is 18.0 Å². The number of nitrogens with one attached hydrogen (secondary N) is 1. The Morgan fingerprint density at radius 1 is 1.26 bits per heavy atom. The lowest BCUT2D eigenvalue weighted by Gasteiger charge is -2.31. The SMILES string of the molecule is O=C([C@H]1C[C@@H]1[N+](=O)[O-])N1CCC(c2ncc(-c3ccc(F)c(F)c3)[nH]2)CC1. The van der Waals surface area contributed by atoms with E-state index in [-0.39, 0.29) is 16.7 Å². The number of aromatic nitrogens is 2. The first-order valence-electron chi connectivity index (χ1n) is 8.86. The Hall–Kier alpha value is -2.84. The second-order valence-electron chi connectivity index (χ2n) is 7.11. The number of nitro groups is 1. The predicted molar refractivity (Wildman–Crippen MR) is 91.4 cm³/mol. The van der Waals surface area contributed by atoms with Gasteiger partial charge in [-0.3, -0.25) is 14.9 Å². The van der Waals surface area contributed by atoms with Crippen LogP contribution in [0.25, 0.3) is 11.3 Å². The van der Waals surface area contributed by atoms with E-state index < -0.39 is 23.6 Å². The van der Waals surface area contributed by atoms with Crippen LogP contribution >= 0.6 is 0 Å². The Labute approximate surface area is 153 Å². The van der Waals surface area contributed by atoms with Crippen LogP contribution in [-0.2, 0) is 4.79 Å². The van der Waals surface area contributed by atoms with Gasteiger partial charge in [-0.25, -0.2) is 13.8 Å².